The number of halogens is 1. The first kappa shape index (κ1) is 20.5. The first-order chi connectivity index (χ1) is 15.1. The number of ether oxygens (including phenoxy) is 1. The van der Waals surface area contributed by atoms with Crippen LogP contribution in [0.15, 0.2) is 73.2 Å². The lowest BCUT2D eigenvalue weighted by atomic mass is 10.2. The minimum Gasteiger partial charge on any atom is -0.497 e. The van der Waals surface area contributed by atoms with Gasteiger partial charge < -0.3 is 15.4 Å². The van der Waals surface area contributed by atoms with Crippen LogP contribution in [0.4, 0.5) is 15.9 Å². The first-order valence-electron chi connectivity index (χ1n) is 9.59. The average Bonchev–Trinajstić information content (AvgIpc) is 3.39. The molecule has 0 aliphatic rings. The summed E-state index contributed by atoms with van der Waals surface area (Å²) >= 11 is 5.36. The van der Waals surface area contributed by atoms with Crippen LogP contribution in [-0.4, -0.2) is 31.8 Å². The standard InChI is InChI=1S/C22H21FN6OS/c1-30-19-7-4-5-16(11-19)13-29-15-18(12-24-29)25-22(31)26-21-9-10-28(27-21)14-17-6-2-3-8-20(17)23/h2-12,15H,13-14H2,1H3,(H2,25,26,27,31). The van der Waals surface area contributed by atoms with Crippen molar-refractivity contribution < 1.29 is 9.13 Å². The number of anilines is 2. The maximum atomic E-state index is 13.8. The Labute approximate surface area is 184 Å². The van der Waals surface area contributed by atoms with Gasteiger partial charge in [-0.15, -0.1) is 0 Å². The van der Waals surface area contributed by atoms with Gasteiger partial charge in [0, 0.05) is 24.0 Å². The highest BCUT2D eigenvalue weighted by atomic mass is 32.1. The summed E-state index contributed by atoms with van der Waals surface area (Å²) in [6, 6.07) is 16.3. The maximum Gasteiger partial charge on any atom is 0.176 e. The molecule has 2 aromatic carbocycles. The average molecular weight is 437 g/mol. The van der Waals surface area contributed by atoms with E-state index in [0.29, 0.717) is 29.6 Å². The van der Waals surface area contributed by atoms with E-state index in [0.717, 1.165) is 17.0 Å². The summed E-state index contributed by atoms with van der Waals surface area (Å²) in [5.41, 5.74) is 2.41. The van der Waals surface area contributed by atoms with E-state index >= 15 is 0 Å². The van der Waals surface area contributed by atoms with E-state index in [1.54, 1.807) is 48.5 Å². The van der Waals surface area contributed by atoms with Gasteiger partial charge in [-0.3, -0.25) is 9.36 Å². The largest absolute Gasteiger partial charge is 0.497 e. The Morgan fingerprint density at radius 2 is 1.94 bits per heavy atom. The Kier molecular flexibility index (Phi) is 6.23. The summed E-state index contributed by atoms with van der Waals surface area (Å²) < 4.78 is 22.5. The Bertz CT molecular complexity index is 1190. The summed E-state index contributed by atoms with van der Waals surface area (Å²) in [5.74, 6) is 1.12. The number of thiocarbonyl (C=S) groups is 1. The monoisotopic (exact) mass is 436 g/mol. The maximum absolute atomic E-state index is 13.8. The molecule has 0 radical (unpaired) electrons. The van der Waals surface area contributed by atoms with Gasteiger partial charge in [0.2, 0.25) is 0 Å². The van der Waals surface area contributed by atoms with E-state index in [4.69, 9.17) is 17.0 Å². The van der Waals surface area contributed by atoms with Gasteiger partial charge in [-0.1, -0.05) is 30.3 Å². The van der Waals surface area contributed by atoms with E-state index in [1.807, 2.05) is 35.1 Å². The Hall–Kier alpha value is -3.72. The molecule has 0 atom stereocenters. The number of nitrogens with zero attached hydrogens (tertiary/aromatic N) is 4. The second kappa shape index (κ2) is 9.40. The third kappa shape index (κ3) is 5.46. The lowest BCUT2D eigenvalue weighted by Gasteiger charge is -2.07. The normalized spacial score (nSPS) is 10.6. The van der Waals surface area contributed by atoms with Crippen LogP contribution in [-0.2, 0) is 13.1 Å². The summed E-state index contributed by atoms with van der Waals surface area (Å²) in [7, 11) is 1.64. The van der Waals surface area contributed by atoms with E-state index in [2.05, 4.69) is 20.8 Å². The molecule has 0 fully saturated rings. The zero-order chi connectivity index (χ0) is 21.6. The molecule has 158 valence electrons. The molecule has 31 heavy (non-hydrogen) atoms. The minimum atomic E-state index is -0.254. The Morgan fingerprint density at radius 3 is 2.77 bits per heavy atom. The van der Waals surface area contributed by atoms with Crippen LogP contribution < -0.4 is 15.4 Å². The van der Waals surface area contributed by atoms with E-state index in [-0.39, 0.29) is 5.82 Å². The van der Waals surface area contributed by atoms with Crippen LogP contribution in [0.1, 0.15) is 11.1 Å². The molecule has 2 N–H and O–H groups in total. The van der Waals surface area contributed by atoms with Crippen molar-refractivity contribution >= 4 is 28.8 Å². The van der Waals surface area contributed by atoms with Gasteiger partial charge in [0.1, 0.15) is 11.6 Å². The summed E-state index contributed by atoms with van der Waals surface area (Å²) in [6.07, 6.45) is 5.33. The number of benzene rings is 2. The molecule has 0 aliphatic heterocycles. The van der Waals surface area contributed by atoms with Gasteiger partial charge in [-0.2, -0.15) is 10.2 Å². The Morgan fingerprint density at radius 1 is 1.06 bits per heavy atom. The lowest BCUT2D eigenvalue weighted by Crippen LogP contribution is -2.19. The molecular weight excluding hydrogens is 415 g/mol. The number of hydrogen-bond acceptors (Lipinski definition) is 4. The molecule has 0 amide bonds. The first-order valence-corrected chi connectivity index (χ1v) is 10.00. The number of aromatic nitrogens is 4. The zero-order valence-electron chi connectivity index (χ0n) is 16.8. The van der Waals surface area contributed by atoms with Crippen molar-refractivity contribution in [3.63, 3.8) is 0 Å². The molecule has 0 spiro atoms. The van der Waals surface area contributed by atoms with Crippen molar-refractivity contribution in [3.8, 4) is 5.75 Å². The molecule has 0 aliphatic carbocycles. The highest BCUT2D eigenvalue weighted by Gasteiger charge is 2.07. The molecule has 0 saturated carbocycles. The van der Waals surface area contributed by atoms with Crippen molar-refractivity contribution in [1.29, 1.82) is 0 Å². The molecule has 0 saturated heterocycles. The highest BCUT2D eigenvalue weighted by molar-refractivity contribution is 7.80. The van der Waals surface area contributed by atoms with Crippen LogP contribution in [0.3, 0.4) is 0 Å². The third-order valence-corrected chi connectivity index (χ3v) is 4.75. The van der Waals surface area contributed by atoms with Crippen LogP contribution in [0.5, 0.6) is 5.75 Å². The summed E-state index contributed by atoms with van der Waals surface area (Å²) in [5, 5.41) is 15.2. The predicted molar refractivity (Wildman–Crippen MR) is 122 cm³/mol. The topological polar surface area (TPSA) is 68.9 Å². The molecule has 4 aromatic rings. The molecule has 0 bridgehead atoms. The molecule has 2 heterocycles. The van der Waals surface area contributed by atoms with E-state index < -0.39 is 0 Å². The molecule has 9 heteroatoms. The molecule has 7 nitrogen and oxygen atoms in total. The van der Waals surface area contributed by atoms with Crippen LogP contribution in [0, 0.1) is 5.82 Å². The van der Waals surface area contributed by atoms with Gasteiger partial charge in [-0.25, -0.2) is 4.39 Å². The van der Waals surface area contributed by atoms with Crippen molar-refractivity contribution in [2.45, 2.75) is 13.1 Å². The highest BCUT2D eigenvalue weighted by Crippen LogP contribution is 2.15. The van der Waals surface area contributed by atoms with Crippen LogP contribution in [0.2, 0.25) is 0 Å². The number of methoxy groups -OCH3 is 1. The second-order valence-corrected chi connectivity index (χ2v) is 7.26. The van der Waals surface area contributed by atoms with Gasteiger partial charge >= 0.3 is 0 Å². The van der Waals surface area contributed by atoms with Crippen LogP contribution in [0.25, 0.3) is 0 Å². The summed E-state index contributed by atoms with van der Waals surface area (Å²) in [4.78, 5) is 0. The number of nitrogens with one attached hydrogen (secondary N) is 2. The number of hydrogen-bond donors (Lipinski definition) is 2. The second-order valence-electron chi connectivity index (χ2n) is 6.85. The SMILES string of the molecule is COc1cccc(Cn2cc(NC(=S)Nc3ccn(Cc4ccccc4F)n3)cn2)c1. The quantitative estimate of drug-likeness (QED) is 0.425. The predicted octanol–water partition coefficient (Wildman–Crippen LogP) is 4.13. The molecule has 2 aromatic heterocycles. The molecular formula is C22H21FN6OS. The van der Waals surface area contributed by atoms with Gasteiger partial charge in [0.25, 0.3) is 0 Å². The Balaban J connectivity index is 1.32. The lowest BCUT2D eigenvalue weighted by molar-refractivity contribution is 0.414. The van der Waals surface area contributed by atoms with Crippen molar-refractivity contribution in [2.24, 2.45) is 0 Å². The smallest absolute Gasteiger partial charge is 0.176 e. The van der Waals surface area contributed by atoms with E-state index in [9.17, 15) is 4.39 Å². The van der Waals surface area contributed by atoms with Gasteiger partial charge in [0.15, 0.2) is 10.9 Å². The fourth-order valence-corrected chi connectivity index (χ4v) is 3.29. The van der Waals surface area contributed by atoms with Crippen molar-refractivity contribution in [2.75, 3.05) is 17.7 Å². The molecule has 4 rings (SSSR count). The fraction of sp³-hybridized carbons (Fsp3) is 0.136. The van der Waals surface area contributed by atoms with Gasteiger partial charge in [0.05, 0.1) is 32.1 Å². The van der Waals surface area contributed by atoms with Gasteiger partial charge in [-0.05, 0) is 36.0 Å². The van der Waals surface area contributed by atoms with Crippen LogP contribution >= 0.6 is 12.2 Å². The summed E-state index contributed by atoms with van der Waals surface area (Å²) in [6.45, 7) is 0.950. The molecule has 0 unspecified atom stereocenters. The third-order valence-electron chi connectivity index (χ3n) is 4.54. The number of rotatable bonds is 7. The van der Waals surface area contributed by atoms with Crippen molar-refractivity contribution in [1.82, 2.24) is 19.6 Å². The van der Waals surface area contributed by atoms with Crippen molar-refractivity contribution in [3.05, 3.63) is 90.1 Å². The fourth-order valence-electron chi connectivity index (χ4n) is 3.07. The van der Waals surface area contributed by atoms with E-state index in [1.165, 1.54) is 6.07 Å². The minimum absolute atomic E-state index is 0.254. The zero-order valence-corrected chi connectivity index (χ0v) is 17.6.